The van der Waals surface area contributed by atoms with Crippen LogP contribution in [0, 0.1) is 6.92 Å². The van der Waals surface area contributed by atoms with Crippen LogP contribution in [-0.4, -0.2) is 56.0 Å². The van der Waals surface area contributed by atoms with Gasteiger partial charge in [-0.3, -0.25) is 0 Å². The van der Waals surface area contributed by atoms with E-state index in [9.17, 15) is 9.90 Å². The molecular formula is C24H29N5O4. The lowest BCUT2D eigenvalue weighted by molar-refractivity contribution is -0.148. The fraction of sp³-hybridized carbons (Fsp3) is 0.417. The number of anilines is 2. The Morgan fingerprint density at radius 2 is 2.03 bits per heavy atom. The summed E-state index contributed by atoms with van der Waals surface area (Å²) in [5.74, 6) is 0.768. The van der Waals surface area contributed by atoms with Crippen molar-refractivity contribution in [2.75, 3.05) is 18.6 Å². The molecule has 0 spiro atoms. The zero-order valence-electron chi connectivity index (χ0n) is 19.5. The Morgan fingerprint density at radius 3 is 2.70 bits per heavy atom. The Hall–Kier alpha value is -3.30. The smallest absolute Gasteiger partial charge is 0.331 e. The van der Waals surface area contributed by atoms with Crippen molar-refractivity contribution in [3.63, 3.8) is 0 Å². The van der Waals surface area contributed by atoms with E-state index >= 15 is 0 Å². The molecule has 0 bridgehead atoms. The van der Waals surface area contributed by atoms with E-state index < -0.39 is 23.8 Å². The number of aromatic nitrogens is 4. The van der Waals surface area contributed by atoms with E-state index in [4.69, 9.17) is 9.47 Å². The monoisotopic (exact) mass is 451 g/mol. The Labute approximate surface area is 192 Å². The number of hydrogen-bond donors (Lipinski definition) is 1. The molecule has 3 heterocycles. The summed E-state index contributed by atoms with van der Waals surface area (Å²) in [5.41, 5.74) is 2.45. The van der Waals surface area contributed by atoms with Gasteiger partial charge in [0.15, 0.2) is 5.65 Å². The Kier molecular flexibility index (Phi) is 6.18. The van der Waals surface area contributed by atoms with Crippen molar-refractivity contribution in [3.8, 4) is 0 Å². The standard InChI is InChI=1S/C24H29N5O4/c1-15-26-22-18(13-25-29(22)23(27-15)28(5)17-9-7-6-8-10-17)19-11-16(20(14-30)32-19)12-21(31)33-24(2,3)4/h6-10,12-13,19-20,30H,11,14H2,1-5H3/b16-12+/t19-,20-/m1/s1. The molecule has 0 unspecified atom stereocenters. The maximum atomic E-state index is 12.3. The molecule has 0 amide bonds. The molecule has 1 aliphatic rings. The number of para-hydroxylation sites is 1. The average Bonchev–Trinajstić information content (AvgIpc) is 3.35. The van der Waals surface area contributed by atoms with E-state index in [2.05, 4.69) is 15.1 Å². The van der Waals surface area contributed by atoms with Gasteiger partial charge in [-0.05, 0) is 45.4 Å². The fourth-order valence-electron chi connectivity index (χ4n) is 3.85. The maximum absolute atomic E-state index is 12.3. The molecule has 1 fully saturated rings. The molecule has 4 rings (SSSR count). The minimum absolute atomic E-state index is 0.236. The van der Waals surface area contributed by atoms with Crippen LogP contribution >= 0.6 is 0 Å². The third-order valence-corrected chi connectivity index (χ3v) is 5.32. The highest BCUT2D eigenvalue weighted by atomic mass is 16.6. The molecule has 2 aromatic heterocycles. The first kappa shape index (κ1) is 22.9. The summed E-state index contributed by atoms with van der Waals surface area (Å²) < 4.78 is 13.2. The number of aliphatic hydroxyl groups excluding tert-OH is 1. The zero-order chi connectivity index (χ0) is 23.8. The van der Waals surface area contributed by atoms with Gasteiger partial charge in [-0.1, -0.05) is 18.2 Å². The van der Waals surface area contributed by atoms with E-state index in [1.807, 2.05) is 70.0 Å². The Bertz CT molecular complexity index is 1180. The van der Waals surface area contributed by atoms with Crippen LogP contribution in [0.25, 0.3) is 5.65 Å². The number of carbonyl (C=O) groups is 1. The third kappa shape index (κ3) is 4.89. The molecule has 33 heavy (non-hydrogen) atoms. The second-order valence-electron chi connectivity index (χ2n) is 9.05. The van der Waals surface area contributed by atoms with Crippen LogP contribution < -0.4 is 4.90 Å². The number of ether oxygens (including phenoxy) is 2. The van der Waals surface area contributed by atoms with Crippen LogP contribution in [0.1, 0.15) is 44.7 Å². The van der Waals surface area contributed by atoms with Crippen molar-refractivity contribution in [3.05, 3.63) is 59.6 Å². The van der Waals surface area contributed by atoms with E-state index in [-0.39, 0.29) is 6.61 Å². The van der Waals surface area contributed by atoms with Crippen LogP contribution in [0.4, 0.5) is 11.6 Å². The molecule has 9 nitrogen and oxygen atoms in total. The van der Waals surface area contributed by atoms with Crippen molar-refractivity contribution in [1.29, 1.82) is 0 Å². The predicted molar refractivity (Wildman–Crippen MR) is 123 cm³/mol. The van der Waals surface area contributed by atoms with E-state index in [1.54, 1.807) is 10.7 Å². The Morgan fingerprint density at radius 1 is 1.30 bits per heavy atom. The van der Waals surface area contributed by atoms with Gasteiger partial charge in [-0.2, -0.15) is 14.6 Å². The minimum atomic E-state index is -0.597. The lowest BCUT2D eigenvalue weighted by Gasteiger charge is -2.19. The van der Waals surface area contributed by atoms with Crippen molar-refractivity contribution in [2.24, 2.45) is 0 Å². The first-order chi connectivity index (χ1) is 15.7. The van der Waals surface area contributed by atoms with Crippen molar-refractivity contribution in [1.82, 2.24) is 19.6 Å². The number of nitrogens with zero attached hydrogens (tertiary/aromatic N) is 5. The van der Waals surface area contributed by atoms with Crippen molar-refractivity contribution < 1.29 is 19.4 Å². The first-order valence-electron chi connectivity index (χ1n) is 10.9. The molecule has 9 heteroatoms. The summed E-state index contributed by atoms with van der Waals surface area (Å²) in [4.78, 5) is 23.5. The SMILES string of the molecule is Cc1nc(N(C)c2ccccc2)n2ncc([C@H]3C/C(=C\C(=O)OC(C)(C)C)[C@@H](CO)O3)c2n1. The van der Waals surface area contributed by atoms with Gasteiger partial charge < -0.3 is 19.5 Å². The molecular weight excluding hydrogens is 422 g/mol. The maximum Gasteiger partial charge on any atom is 0.331 e. The average molecular weight is 452 g/mol. The number of aryl methyl sites for hydroxylation is 1. The summed E-state index contributed by atoms with van der Waals surface area (Å²) >= 11 is 0. The topological polar surface area (TPSA) is 102 Å². The van der Waals surface area contributed by atoms with Crippen LogP contribution in [0.5, 0.6) is 0 Å². The number of rotatable bonds is 5. The summed E-state index contributed by atoms with van der Waals surface area (Å²) in [7, 11) is 1.92. The second kappa shape index (κ2) is 8.92. The second-order valence-corrected chi connectivity index (χ2v) is 9.05. The van der Waals surface area contributed by atoms with E-state index in [0.29, 0.717) is 29.4 Å². The lowest BCUT2D eigenvalue weighted by atomic mass is 10.0. The minimum Gasteiger partial charge on any atom is -0.457 e. The molecule has 0 saturated carbocycles. The zero-order valence-corrected chi connectivity index (χ0v) is 19.5. The molecule has 0 radical (unpaired) electrons. The number of fused-ring (bicyclic) bond motifs is 1. The summed E-state index contributed by atoms with van der Waals surface area (Å²) in [5, 5.41) is 14.4. The van der Waals surface area contributed by atoms with E-state index in [1.165, 1.54) is 6.08 Å². The largest absolute Gasteiger partial charge is 0.457 e. The van der Waals surface area contributed by atoms with E-state index in [0.717, 1.165) is 11.3 Å². The Balaban J connectivity index is 1.67. The highest BCUT2D eigenvalue weighted by Gasteiger charge is 2.34. The highest BCUT2D eigenvalue weighted by Crippen LogP contribution is 2.38. The quantitative estimate of drug-likeness (QED) is 0.466. The van der Waals surface area contributed by atoms with Crippen LogP contribution in [0.3, 0.4) is 0 Å². The highest BCUT2D eigenvalue weighted by molar-refractivity contribution is 5.83. The lowest BCUT2D eigenvalue weighted by Crippen LogP contribution is -2.23. The number of carbonyl (C=O) groups excluding carboxylic acids is 1. The summed E-state index contributed by atoms with van der Waals surface area (Å²) in [6.07, 6.45) is 2.57. The number of esters is 1. The van der Waals surface area contributed by atoms with Gasteiger partial charge >= 0.3 is 5.97 Å². The molecule has 174 valence electrons. The number of benzene rings is 1. The van der Waals surface area contributed by atoms with Crippen LogP contribution in [0.15, 0.2) is 48.2 Å². The van der Waals surface area contributed by atoms with Crippen molar-refractivity contribution >= 4 is 23.3 Å². The fourth-order valence-corrected chi connectivity index (χ4v) is 3.85. The predicted octanol–water partition coefficient (Wildman–Crippen LogP) is 3.29. The molecule has 3 aromatic rings. The van der Waals surface area contributed by atoms with Crippen molar-refractivity contribution in [2.45, 2.75) is 51.9 Å². The first-order valence-corrected chi connectivity index (χ1v) is 10.9. The van der Waals surface area contributed by atoms with Crippen LogP contribution in [0.2, 0.25) is 0 Å². The third-order valence-electron chi connectivity index (χ3n) is 5.32. The number of hydrogen-bond acceptors (Lipinski definition) is 8. The summed E-state index contributed by atoms with van der Waals surface area (Å²) in [6, 6.07) is 9.87. The van der Waals surface area contributed by atoms with Gasteiger partial charge in [-0.15, -0.1) is 0 Å². The van der Waals surface area contributed by atoms with Gasteiger partial charge in [-0.25, -0.2) is 9.78 Å². The molecule has 2 atom stereocenters. The van der Waals surface area contributed by atoms with Gasteiger partial charge in [0.2, 0.25) is 5.95 Å². The molecule has 1 aliphatic heterocycles. The summed E-state index contributed by atoms with van der Waals surface area (Å²) in [6.45, 7) is 7.03. The van der Waals surface area contributed by atoms with Gasteiger partial charge in [0.25, 0.3) is 0 Å². The van der Waals surface area contributed by atoms with Gasteiger partial charge in [0.05, 0.1) is 18.9 Å². The number of aliphatic hydroxyl groups is 1. The molecule has 1 N–H and O–H groups in total. The normalized spacial score (nSPS) is 19.9. The molecule has 1 aromatic carbocycles. The molecule has 1 saturated heterocycles. The van der Waals surface area contributed by atoms with Crippen LogP contribution in [-0.2, 0) is 14.3 Å². The van der Waals surface area contributed by atoms with Gasteiger partial charge in [0, 0.05) is 30.8 Å². The van der Waals surface area contributed by atoms with Gasteiger partial charge in [0.1, 0.15) is 17.5 Å². The molecule has 0 aliphatic carbocycles.